The minimum Gasteiger partial charge on any atom is -0.493 e. The van der Waals surface area contributed by atoms with E-state index in [4.69, 9.17) is 32.7 Å². The molecule has 6 heteroatoms. The maximum Gasteiger partial charge on any atom is 0.161 e. The highest BCUT2D eigenvalue weighted by molar-refractivity contribution is 6.35. The second-order valence-corrected chi connectivity index (χ2v) is 7.94. The van der Waals surface area contributed by atoms with Crippen molar-refractivity contribution in [2.75, 3.05) is 33.9 Å². The van der Waals surface area contributed by atoms with Crippen LogP contribution in [0.25, 0.3) is 0 Å². The second kappa shape index (κ2) is 10.4. The van der Waals surface area contributed by atoms with Gasteiger partial charge in [0.25, 0.3) is 0 Å². The molecule has 152 valence electrons. The van der Waals surface area contributed by atoms with Gasteiger partial charge in [-0.2, -0.15) is 0 Å². The molecule has 28 heavy (non-hydrogen) atoms. The fraction of sp³-hybridized carbons (Fsp3) is 0.455. The van der Waals surface area contributed by atoms with Crippen molar-refractivity contribution in [3.05, 3.63) is 57.6 Å². The zero-order valence-electron chi connectivity index (χ0n) is 16.5. The van der Waals surface area contributed by atoms with Gasteiger partial charge in [0.15, 0.2) is 11.5 Å². The van der Waals surface area contributed by atoms with Crippen LogP contribution in [0, 0.1) is 0 Å². The Morgan fingerprint density at radius 1 is 0.964 bits per heavy atom. The van der Waals surface area contributed by atoms with Crippen LogP contribution in [0.1, 0.15) is 36.4 Å². The van der Waals surface area contributed by atoms with E-state index in [-0.39, 0.29) is 6.04 Å². The third-order valence-corrected chi connectivity index (χ3v) is 5.88. The Hall–Kier alpha value is -1.46. The van der Waals surface area contributed by atoms with E-state index in [0.29, 0.717) is 16.6 Å². The molecule has 1 saturated heterocycles. The summed E-state index contributed by atoms with van der Waals surface area (Å²) in [5.74, 6) is 1.52. The summed E-state index contributed by atoms with van der Waals surface area (Å²) in [5, 5.41) is 4.94. The molecule has 2 aromatic carbocycles. The molecule has 1 heterocycles. The quantitative estimate of drug-likeness (QED) is 0.623. The molecule has 1 atom stereocenters. The molecule has 1 fully saturated rings. The van der Waals surface area contributed by atoms with Crippen LogP contribution in [0.2, 0.25) is 10.0 Å². The SMILES string of the molecule is COc1ccc(C(CNCc2ccc(Cl)cc2Cl)N2CCCCC2)cc1OC. The molecule has 1 aliphatic rings. The summed E-state index contributed by atoms with van der Waals surface area (Å²) < 4.78 is 10.9. The molecule has 1 N–H and O–H groups in total. The summed E-state index contributed by atoms with van der Waals surface area (Å²) in [6.07, 6.45) is 3.79. The van der Waals surface area contributed by atoms with Crippen LogP contribution >= 0.6 is 23.2 Å². The average Bonchev–Trinajstić information content (AvgIpc) is 2.72. The van der Waals surface area contributed by atoms with Gasteiger partial charge in [-0.3, -0.25) is 4.90 Å². The molecule has 0 bridgehead atoms. The van der Waals surface area contributed by atoms with E-state index >= 15 is 0 Å². The van der Waals surface area contributed by atoms with Gasteiger partial charge in [0.05, 0.1) is 14.2 Å². The lowest BCUT2D eigenvalue weighted by molar-refractivity contribution is 0.160. The Morgan fingerprint density at radius 3 is 2.39 bits per heavy atom. The van der Waals surface area contributed by atoms with Gasteiger partial charge in [-0.05, 0) is 61.3 Å². The number of hydrogen-bond acceptors (Lipinski definition) is 4. The fourth-order valence-electron chi connectivity index (χ4n) is 3.76. The minimum absolute atomic E-state index is 0.270. The van der Waals surface area contributed by atoms with E-state index in [1.807, 2.05) is 18.2 Å². The van der Waals surface area contributed by atoms with Gasteiger partial charge < -0.3 is 14.8 Å². The first-order valence-corrected chi connectivity index (χ1v) is 10.5. The lowest BCUT2D eigenvalue weighted by Gasteiger charge is -2.35. The highest BCUT2D eigenvalue weighted by Gasteiger charge is 2.23. The predicted octanol–water partition coefficient (Wildman–Crippen LogP) is 5.33. The van der Waals surface area contributed by atoms with Crippen LogP contribution in [-0.4, -0.2) is 38.8 Å². The number of halogens is 2. The number of piperidine rings is 1. The van der Waals surface area contributed by atoms with Gasteiger partial charge in [0.1, 0.15) is 0 Å². The molecule has 2 aromatic rings. The monoisotopic (exact) mass is 422 g/mol. The molecule has 0 aliphatic carbocycles. The van der Waals surface area contributed by atoms with E-state index in [1.54, 1.807) is 20.3 Å². The van der Waals surface area contributed by atoms with Gasteiger partial charge in [-0.1, -0.05) is 41.8 Å². The maximum atomic E-state index is 6.32. The summed E-state index contributed by atoms with van der Waals surface area (Å²) in [6, 6.07) is 12.1. The Balaban J connectivity index is 1.75. The molecule has 0 spiro atoms. The number of nitrogens with one attached hydrogen (secondary N) is 1. The van der Waals surface area contributed by atoms with E-state index in [1.165, 1.54) is 24.8 Å². The van der Waals surface area contributed by atoms with Crippen molar-refractivity contribution in [1.82, 2.24) is 10.2 Å². The summed E-state index contributed by atoms with van der Waals surface area (Å²) >= 11 is 12.3. The number of hydrogen-bond donors (Lipinski definition) is 1. The van der Waals surface area contributed by atoms with Gasteiger partial charge >= 0.3 is 0 Å². The van der Waals surface area contributed by atoms with E-state index < -0.39 is 0 Å². The number of methoxy groups -OCH3 is 2. The lowest BCUT2D eigenvalue weighted by Crippen LogP contribution is -2.39. The van der Waals surface area contributed by atoms with Gasteiger partial charge in [-0.25, -0.2) is 0 Å². The normalized spacial score (nSPS) is 16.0. The highest BCUT2D eigenvalue weighted by atomic mass is 35.5. The largest absolute Gasteiger partial charge is 0.493 e. The Morgan fingerprint density at radius 2 is 1.71 bits per heavy atom. The number of likely N-dealkylation sites (tertiary alicyclic amines) is 1. The second-order valence-electron chi connectivity index (χ2n) is 7.09. The minimum atomic E-state index is 0.270. The van der Waals surface area contributed by atoms with Crippen LogP contribution in [0.15, 0.2) is 36.4 Å². The molecule has 1 aliphatic heterocycles. The number of ether oxygens (including phenoxy) is 2. The molecule has 1 unspecified atom stereocenters. The maximum absolute atomic E-state index is 6.32. The van der Waals surface area contributed by atoms with Crippen LogP contribution in [-0.2, 0) is 6.54 Å². The van der Waals surface area contributed by atoms with Crippen molar-refractivity contribution in [1.29, 1.82) is 0 Å². The van der Waals surface area contributed by atoms with Crippen molar-refractivity contribution in [2.24, 2.45) is 0 Å². The Kier molecular flexibility index (Phi) is 7.86. The van der Waals surface area contributed by atoms with E-state index in [9.17, 15) is 0 Å². The number of rotatable bonds is 8. The van der Waals surface area contributed by atoms with Crippen LogP contribution in [0.3, 0.4) is 0 Å². The van der Waals surface area contributed by atoms with Crippen molar-refractivity contribution in [3.63, 3.8) is 0 Å². The van der Waals surface area contributed by atoms with E-state index in [2.05, 4.69) is 22.3 Å². The Bertz CT molecular complexity index is 779. The zero-order valence-corrected chi connectivity index (χ0v) is 18.0. The van der Waals surface area contributed by atoms with Crippen molar-refractivity contribution < 1.29 is 9.47 Å². The third kappa shape index (κ3) is 5.32. The molecule has 0 radical (unpaired) electrons. The summed E-state index contributed by atoms with van der Waals surface area (Å²) in [7, 11) is 3.34. The van der Waals surface area contributed by atoms with E-state index in [0.717, 1.165) is 36.7 Å². The molecule has 3 rings (SSSR count). The Labute approximate surface area is 177 Å². The number of nitrogens with zero attached hydrogens (tertiary/aromatic N) is 1. The lowest BCUT2D eigenvalue weighted by atomic mass is 10.0. The molecular formula is C22H28Cl2N2O2. The summed E-state index contributed by atoms with van der Waals surface area (Å²) in [5.41, 5.74) is 2.28. The molecule has 0 saturated carbocycles. The smallest absolute Gasteiger partial charge is 0.161 e. The van der Waals surface area contributed by atoms with Crippen molar-refractivity contribution in [2.45, 2.75) is 31.8 Å². The first-order chi connectivity index (χ1) is 13.6. The topological polar surface area (TPSA) is 33.7 Å². The zero-order chi connectivity index (χ0) is 19.9. The highest BCUT2D eigenvalue weighted by Crippen LogP contribution is 2.33. The van der Waals surface area contributed by atoms with Crippen LogP contribution in [0.5, 0.6) is 11.5 Å². The first kappa shape index (κ1) is 21.3. The van der Waals surface area contributed by atoms with Crippen LogP contribution in [0.4, 0.5) is 0 Å². The van der Waals surface area contributed by atoms with Gasteiger partial charge in [0.2, 0.25) is 0 Å². The number of benzene rings is 2. The summed E-state index contributed by atoms with van der Waals surface area (Å²) in [4.78, 5) is 2.56. The average molecular weight is 423 g/mol. The predicted molar refractivity (Wildman–Crippen MR) is 116 cm³/mol. The fourth-order valence-corrected chi connectivity index (χ4v) is 4.23. The van der Waals surface area contributed by atoms with Crippen molar-refractivity contribution >= 4 is 23.2 Å². The van der Waals surface area contributed by atoms with Gasteiger partial charge in [-0.15, -0.1) is 0 Å². The first-order valence-electron chi connectivity index (χ1n) is 9.73. The van der Waals surface area contributed by atoms with Crippen molar-refractivity contribution in [3.8, 4) is 11.5 Å². The third-order valence-electron chi connectivity index (χ3n) is 5.29. The van der Waals surface area contributed by atoms with Gasteiger partial charge in [0, 0.05) is 29.2 Å². The molecule has 0 amide bonds. The molecule has 4 nitrogen and oxygen atoms in total. The standard InChI is InChI=1S/C22H28Cl2N2O2/c1-27-21-9-7-16(12-22(21)28-2)20(26-10-4-3-5-11-26)15-25-14-17-6-8-18(23)13-19(17)24/h6-9,12-13,20,25H,3-5,10-11,14-15H2,1-2H3. The van der Waals surface area contributed by atoms with Crippen LogP contribution < -0.4 is 14.8 Å². The molecular weight excluding hydrogens is 395 g/mol. The molecule has 0 aromatic heterocycles. The summed E-state index contributed by atoms with van der Waals surface area (Å²) in [6.45, 7) is 3.76.